The number of thiocarbonyl (C=S) groups is 1. The maximum absolute atomic E-state index is 15.9. The van der Waals surface area contributed by atoms with Crippen LogP contribution in [0.2, 0.25) is 0 Å². The van der Waals surface area contributed by atoms with Crippen molar-refractivity contribution in [1.82, 2.24) is 24.8 Å². The summed E-state index contributed by atoms with van der Waals surface area (Å²) >= 11 is 5.38. The van der Waals surface area contributed by atoms with E-state index in [4.69, 9.17) is 21.7 Å². The molecule has 23 heteroatoms. The lowest BCUT2D eigenvalue weighted by Crippen LogP contribution is -2.57. The first-order valence-corrected chi connectivity index (χ1v) is 24.0. The van der Waals surface area contributed by atoms with Crippen LogP contribution in [0.25, 0.3) is 22.5 Å². The van der Waals surface area contributed by atoms with Crippen molar-refractivity contribution in [3.63, 3.8) is 0 Å². The molecule has 0 aliphatic carbocycles. The summed E-state index contributed by atoms with van der Waals surface area (Å²) in [5.41, 5.74) is -7.76. The first-order chi connectivity index (χ1) is 35.2. The van der Waals surface area contributed by atoms with E-state index in [1.54, 1.807) is 22.7 Å². The molecule has 3 amide bonds. The third-order valence-corrected chi connectivity index (χ3v) is 13.3. The highest BCUT2D eigenvalue weighted by Gasteiger charge is 2.52. The summed E-state index contributed by atoms with van der Waals surface area (Å²) in [7, 11) is 1.80. The van der Waals surface area contributed by atoms with Crippen LogP contribution in [0.1, 0.15) is 88.9 Å². The number of halogens is 8. The van der Waals surface area contributed by atoms with Crippen molar-refractivity contribution in [2.45, 2.75) is 96.4 Å². The molecule has 2 aliphatic heterocycles. The van der Waals surface area contributed by atoms with E-state index < -0.39 is 110 Å². The molecule has 4 heterocycles. The van der Waals surface area contributed by atoms with Crippen LogP contribution in [-0.4, -0.2) is 91.4 Å². The Morgan fingerprint density at radius 3 is 2.29 bits per heavy atom. The maximum Gasteiger partial charge on any atom is 0.420 e. The molecular formula is C52H52F8N8O6S. The zero-order chi connectivity index (χ0) is 54.9. The predicted molar refractivity (Wildman–Crippen MR) is 263 cm³/mol. The molecule has 3 unspecified atom stereocenters. The molecule has 0 saturated carbocycles. The summed E-state index contributed by atoms with van der Waals surface area (Å²) in [5, 5.41) is 22.9. The normalized spacial score (nSPS) is 16.8. The van der Waals surface area contributed by atoms with Gasteiger partial charge < -0.3 is 34.3 Å². The number of unbranched alkanes of at least 4 members (excludes halogenated alkanes) is 1. The summed E-state index contributed by atoms with van der Waals surface area (Å²) < 4.78 is 129. The number of imidazole rings is 1. The van der Waals surface area contributed by atoms with Crippen LogP contribution in [0, 0.1) is 28.4 Å². The molecular weight excluding hydrogens is 1020 g/mol. The van der Waals surface area contributed by atoms with Crippen molar-refractivity contribution in [3.05, 3.63) is 113 Å². The molecule has 75 heavy (non-hydrogen) atoms. The lowest BCUT2D eigenvalue weighted by Gasteiger charge is -2.37. The Hall–Kier alpha value is -7.03. The van der Waals surface area contributed by atoms with Crippen LogP contribution < -0.4 is 19.9 Å². The van der Waals surface area contributed by atoms with E-state index in [-0.39, 0.29) is 37.0 Å². The predicted octanol–water partition coefficient (Wildman–Crippen LogP) is 9.68. The van der Waals surface area contributed by atoms with Crippen LogP contribution in [-0.2, 0) is 38.5 Å². The number of nitrogens with zero attached hydrogens (tertiary/aromatic N) is 7. The lowest BCUT2D eigenvalue weighted by atomic mass is 9.85. The number of nitrogens with one attached hydrogen (secondary N) is 1. The number of carbonyl (C=O) groups is 3. The van der Waals surface area contributed by atoms with Crippen LogP contribution in [0.3, 0.4) is 0 Å². The summed E-state index contributed by atoms with van der Waals surface area (Å²) in [4.78, 5) is 52.3. The summed E-state index contributed by atoms with van der Waals surface area (Å²) in [5.74, 6) is -5.01. The fourth-order valence-corrected chi connectivity index (χ4v) is 9.69. The van der Waals surface area contributed by atoms with Crippen LogP contribution in [0.5, 0.6) is 5.75 Å². The Morgan fingerprint density at radius 1 is 0.960 bits per heavy atom. The molecule has 3 atom stereocenters. The second-order valence-electron chi connectivity index (χ2n) is 19.6. The number of ether oxygens (including phenoxy) is 2. The second kappa shape index (κ2) is 21.7. The van der Waals surface area contributed by atoms with Gasteiger partial charge >= 0.3 is 12.4 Å². The molecule has 14 nitrogen and oxygen atoms in total. The third-order valence-electron chi connectivity index (χ3n) is 13.0. The molecule has 0 radical (unpaired) electrons. The van der Waals surface area contributed by atoms with Crippen molar-refractivity contribution in [2.75, 3.05) is 36.2 Å². The number of aliphatic hydroxyl groups excluding tert-OH is 1. The third kappa shape index (κ3) is 11.5. The number of anilines is 2. The van der Waals surface area contributed by atoms with E-state index in [2.05, 4.69) is 15.3 Å². The number of likely N-dealkylation sites (tertiary alicyclic amines) is 1. The van der Waals surface area contributed by atoms with Gasteiger partial charge in [0.15, 0.2) is 16.7 Å². The minimum absolute atomic E-state index is 0.0600. The average molecular weight is 1070 g/mol. The summed E-state index contributed by atoms with van der Waals surface area (Å²) in [6.45, 7) is 7.91. The van der Waals surface area contributed by atoms with Gasteiger partial charge in [0, 0.05) is 31.8 Å². The quantitative estimate of drug-likeness (QED) is 0.0549. The Kier molecular flexibility index (Phi) is 16.1. The number of aromatic nitrogens is 3. The molecule has 2 aromatic heterocycles. The molecule has 2 aliphatic rings. The van der Waals surface area contributed by atoms with Gasteiger partial charge in [-0.1, -0.05) is 51.1 Å². The van der Waals surface area contributed by atoms with Gasteiger partial charge in [0.2, 0.25) is 11.8 Å². The first-order valence-electron chi connectivity index (χ1n) is 23.6. The number of rotatable bonds is 16. The molecule has 0 bridgehead atoms. The zero-order valence-corrected chi connectivity index (χ0v) is 42.3. The van der Waals surface area contributed by atoms with Gasteiger partial charge in [-0.25, -0.2) is 13.8 Å². The van der Waals surface area contributed by atoms with E-state index in [0.29, 0.717) is 48.7 Å². The highest BCUT2D eigenvalue weighted by atomic mass is 32.1. The SMILES string of the molecule is Cn1c(-c2ccccc2)cnc1C(O)C1CCCN1C(=O)C(NC(=O)COCCCCOc1ccc(-c2ncc(N3C(=S)N(c4ccc(C#N)c(C(F)(F)F)c4F)C(=O)C3(C)C)cc2F)c(C(F)(F)F)c1)C(C)(C)C. The monoisotopic (exact) mass is 1070 g/mol. The first kappa shape index (κ1) is 55.7. The van der Waals surface area contributed by atoms with Gasteiger partial charge in [0.05, 0.1) is 59.3 Å². The number of nitriles is 1. The molecule has 398 valence electrons. The molecule has 7 rings (SSSR count). The Bertz CT molecular complexity index is 3030. The van der Waals surface area contributed by atoms with Crippen molar-refractivity contribution in [3.8, 4) is 34.3 Å². The van der Waals surface area contributed by atoms with E-state index in [1.165, 1.54) is 26.0 Å². The number of aliphatic hydroxyl groups is 1. The minimum atomic E-state index is -5.33. The van der Waals surface area contributed by atoms with Crippen LogP contribution >= 0.6 is 12.2 Å². The summed E-state index contributed by atoms with van der Waals surface area (Å²) in [6.07, 6.45) is -7.10. The van der Waals surface area contributed by atoms with Crippen LogP contribution in [0.4, 0.5) is 46.5 Å². The van der Waals surface area contributed by atoms with Gasteiger partial charge in [-0.05, 0) is 93.1 Å². The number of carbonyl (C=O) groups excluding carboxylic acids is 3. The number of hydrogen-bond acceptors (Lipinski definition) is 10. The van der Waals surface area contributed by atoms with Crippen molar-refractivity contribution in [1.29, 1.82) is 5.26 Å². The Morgan fingerprint density at radius 2 is 1.65 bits per heavy atom. The van der Waals surface area contributed by atoms with E-state index in [1.807, 2.05) is 51.1 Å². The van der Waals surface area contributed by atoms with Crippen molar-refractivity contribution >= 4 is 46.4 Å². The minimum Gasteiger partial charge on any atom is -0.494 e. The van der Waals surface area contributed by atoms with Crippen molar-refractivity contribution in [2.24, 2.45) is 12.5 Å². The van der Waals surface area contributed by atoms with Crippen molar-refractivity contribution < 1.29 is 64.1 Å². The van der Waals surface area contributed by atoms with E-state index >= 15 is 8.78 Å². The maximum atomic E-state index is 15.9. The van der Waals surface area contributed by atoms with Gasteiger partial charge in [0.1, 0.15) is 47.1 Å². The van der Waals surface area contributed by atoms with Crippen LogP contribution in [0.15, 0.2) is 79.1 Å². The standard InChI is InChI=1S/C52H52F8N8O6S/c1-49(2,3)44(46(71)66-20-12-15-37(66)43(70)45-63-27-38(65(45)6)29-13-8-7-9-14-29)64-39(69)28-73-21-10-11-22-74-32-17-18-33(34(24-32)51(55,56)57)42-35(53)23-31(26-62-42)68-48(75)67(47(72)50(68,4)5)36-19-16-30(25-61)40(41(36)54)52(58,59)60/h7-9,13-14,16-19,23-24,26-27,37,43-44,70H,10-12,15,20-22,28H2,1-6H3,(H,64,69). The highest BCUT2D eigenvalue weighted by Crippen LogP contribution is 2.44. The van der Waals surface area contributed by atoms with Gasteiger partial charge in [-0.3, -0.25) is 24.3 Å². The molecule has 5 aromatic rings. The van der Waals surface area contributed by atoms with Gasteiger partial charge in [-0.15, -0.1) is 0 Å². The molecule has 2 N–H and O–H groups in total. The Balaban J connectivity index is 0.934. The number of benzene rings is 3. The summed E-state index contributed by atoms with van der Waals surface area (Å²) in [6, 6.07) is 14.2. The lowest BCUT2D eigenvalue weighted by molar-refractivity contribution is -0.143. The Labute approximate surface area is 431 Å². The molecule has 0 spiro atoms. The number of hydrogen-bond donors (Lipinski definition) is 2. The number of pyridine rings is 1. The number of amides is 3. The molecule has 2 fully saturated rings. The highest BCUT2D eigenvalue weighted by molar-refractivity contribution is 7.81. The molecule has 3 aromatic carbocycles. The van der Waals surface area contributed by atoms with E-state index in [0.717, 1.165) is 40.6 Å². The van der Waals surface area contributed by atoms with E-state index in [9.17, 15) is 51.1 Å². The topological polar surface area (TPSA) is 166 Å². The van der Waals surface area contributed by atoms with Gasteiger partial charge in [-0.2, -0.15) is 31.6 Å². The largest absolute Gasteiger partial charge is 0.494 e. The van der Waals surface area contributed by atoms with Gasteiger partial charge in [0.25, 0.3) is 5.91 Å². The average Bonchev–Trinajstić information content (AvgIpc) is 4.03. The fraction of sp³-hybridized carbons (Fsp3) is 0.404. The zero-order valence-electron chi connectivity index (χ0n) is 41.4. The fourth-order valence-electron chi connectivity index (χ4n) is 9.17. The second-order valence-corrected chi connectivity index (χ2v) is 19.9. The molecule has 2 saturated heterocycles. The number of alkyl halides is 6. The smallest absolute Gasteiger partial charge is 0.420 e.